The van der Waals surface area contributed by atoms with E-state index in [0.29, 0.717) is 43.7 Å². The Labute approximate surface area is 213 Å². The molecule has 1 atom stereocenters. The molecule has 0 saturated heterocycles. The lowest BCUT2D eigenvalue weighted by Gasteiger charge is -2.18. The van der Waals surface area contributed by atoms with E-state index in [1.807, 2.05) is 43.3 Å². The second-order valence-electron chi connectivity index (χ2n) is 8.99. The molecule has 0 bridgehead atoms. The lowest BCUT2D eigenvalue weighted by molar-refractivity contribution is 0.0601. The largest absolute Gasteiger partial charge is 0.465 e. The second-order valence-corrected chi connectivity index (χ2v) is 10.5. The molecule has 35 heavy (non-hydrogen) atoms. The molecular formula is C28H25ClN2O3S. The van der Waals surface area contributed by atoms with E-state index in [0.717, 1.165) is 40.8 Å². The van der Waals surface area contributed by atoms with Crippen LogP contribution in [0.3, 0.4) is 0 Å². The molecule has 0 spiro atoms. The predicted molar refractivity (Wildman–Crippen MR) is 142 cm³/mol. The molecule has 0 saturated carbocycles. The Hall–Kier alpha value is -3.22. The number of carbonyl (C=O) groups excluding carboxylic acids is 2. The molecule has 7 heteroatoms. The maximum absolute atomic E-state index is 13.7. The third kappa shape index (κ3) is 4.32. The number of hydrogen-bond donors (Lipinski definition) is 1. The molecule has 0 aliphatic heterocycles. The molecule has 2 heterocycles. The van der Waals surface area contributed by atoms with Gasteiger partial charge in [-0.25, -0.2) is 9.78 Å². The summed E-state index contributed by atoms with van der Waals surface area (Å²) in [6, 6.07) is 15.1. The van der Waals surface area contributed by atoms with E-state index < -0.39 is 5.97 Å². The number of methoxy groups -OCH3 is 1. The number of amides is 1. The van der Waals surface area contributed by atoms with Crippen LogP contribution in [0.4, 0.5) is 5.00 Å². The molecule has 1 N–H and O–H groups in total. The number of fused-ring (bicyclic) bond motifs is 2. The molecule has 2 aromatic heterocycles. The molecule has 2 aromatic carbocycles. The van der Waals surface area contributed by atoms with Crippen LogP contribution in [0.2, 0.25) is 5.02 Å². The van der Waals surface area contributed by atoms with Gasteiger partial charge >= 0.3 is 5.97 Å². The molecular weight excluding hydrogens is 480 g/mol. The smallest absolute Gasteiger partial charge is 0.341 e. The van der Waals surface area contributed by atoms with Gasteiger partial charge in [0.2, 0.25) is 0 Å². The van der Waals surface area contributed by atoms with Crippen molar-refractivity contribution in [3.63, 3.8) is 0 Å². The number of esters is 1. The molecule has 5 rings (SSSR count). The standard InChI is InChI=1S/C28H25ClN2O3S/c1-15-9-10-19-23(13-15)35-27(24(19)28(33)34-3)31-26(32)20-14-22(17-7-5-4-6-8-17)30-25-16(2)21(29)12-11-18(20)25/h4-8,11-12,14-15H,9-10,13H2,1-3H3,(H,31,32). The van der Waals surface area contributed by atoms with Gasteiger partial charge < -0.3 is 10.1 Å². The van der Waals surface area contributed by atoms with E-state index in [4.69, 9.17) is 21.3 Å². The fraction of sp³-hybridized carbons (Fsp3) is 0.250. The van der Waals surface area contributed by atoms with E-state index in [-0.39, 0.29) is 5.91 Å². The van der Waals surface area contributed by atoms with Gasteiger partial charge in [-0.05, 0) is 55.4 Å². The minimum Gasteiger partial charge on any atom is -0.465 e. The number of anilines is 1. The van der Waals surface area contributed by atoms with Crippen molar-refractivity contribution < 1.29 is 14.3 Å². The van der Waals surface area contributed by atoms with Crippen molar-refractivity contribution in [3.8, 4) is 11.3 Å². The highest BCUT2D eigenvalue weighted by Crippen LogP contribution is 2.40. The number of benzene rings is 2. The van der Waals surface area contributed by atoms with Crippen LogP contribution in [0.25, 0.3) is 22.2 Å². The van der Waals surface area contributed by atoms with Crippen LogP contribution in [0.15, 0.2) is 48.5 Å². The van der Waals surface area contributed by atoms with Crippen LogP contribution in [0.1, 0.15) is 50.1 Å². The van der Waals surface area contributed by atoms with Gasteiger partial charge in [0.25, 0.3) is 5.91 Å². The first kappa shape index (κ1) is 23.5. The summed E-state index contributed by atoms with van der Waals surface area (Å²) in [5, 5.41) is 4.88. The Morgan fingerprint density at radius 3 is 2.69 bits per heavy atom. The number of aromatic nitrogens is 1. The Bertz CT molecular complexity index is 1460. The van der Waals surface area contributed by atoms with Crippen molar-refractivity contribution in [1.82, 2.24) is 4.98 Å². The first-order valence-electron chi connectivity index (χ1n) is 11.6. The Morgan fingerprint density at radius 1 is 1.17 bits per heavy atom. The lowest BCUT2D eigenvalue weighted by atomic mass is 9.88. The maximum atomic E-state index is 13.7. The summed E-state index contributed by atoms with van der Waals surface area (Å²) < 4.78 is 5.08. The van der Waals surface area contributed by atoms with Crippen molar-refractivity contribution in [3.05, 3.63) is 80.7 Å². The molecule has 4 aromatic rings. The summed E-state index contributed by atoms with van der Waals surface area (Å²) in [6.07, 6.45) is 2.71. The highest BCUT2D eigenvalue weighted by Gasteiger charge is 2.29. The van der Waals surface area contributed by atoms with Crippen molar-refractivity contribution in [2.24, 2.45) is 5.92 Å². The molecule has 0 radical (unpaired) electrons. The molecule has 1 aliphatic rings. The second kappa shape index (κ2) is 9.44. The number of thiophene rings is 1. The van der Waals surface area contributed by atoms with Gasteiger partial charge in [0.15, 0.2) is 0 Å². The van der Waals surface area contributed by atoms with Crippen LogP contribution in [0.5, 0.6) is 0 Å². The predicted octanol–water partition coefficient (Wildman–Crippen LogP) is 7.09. The van der Waals surface area contributed by atoms with Crippen molar-refractivity contribution in [2.75, 3.05) is 12.4 Å². The van der Waals surface area contributed by atoms with E-state index in [9.17, 15) is 9.59 Å². The van der Waals surface area contributed by atoms with Gasteiger partial charge in [-0.2, -0.15) is 0 Å². The number of nitrogens with zero attached hydrogens (tertiary/aromatic N) is 1. The number of nitrogens with one attached hydrogen (secondary N) is 1. The summed E-state index contributed by atoms with van der Waals surface area (Å²) in [7, 11) is 1.37. The zero-order valence-electron chi connectivity index (χ0n) is 19.8. The first-order valence-corrected chi connectivity index (χ1v) is 12.8. The molecule has 1 unspecified atom stereocenters. The highest BCUT2D eigenvalue weighted by atomic mass is 35.5. The third-order valence-electron chi connectivity index (χ3n) is 6.61. The van der Waals surface area contributed by atoms with Crippen molar-refractivity contribution in [1.29, 1.82) is 0 Å². The van der Waals surface area contributed by atoms with Gasteiger partial charge in [-0.1, -0.05) is 54.9 Å². The SMILES string of the molecule is COC(=O)c1c(NC(=O)c2cc(-c3ccccc3)nc3c(C)c(Cl)ccc23)sc2c1CCC(C)C2. The minimum atomic E-state index is -0.417. The van der Waals surface area contributed by atoms with Gasteiger partial charge in [-0.3, -0.25) is 4.79 Å². The topological polar surface area (TPSA) is 68.3 Å². The van der Waals surface area contributed by atoms with Gasteiger partial charge in [0.05, 0.1) is 29.4 Å². The summed E-state index contributed by atoms with van der Waals surface area (Å²) in [5.74, 6) is -0.173. The average molecular weight is 505 g/mol. The molecule has 0 fully saturated rings. The fourth-order valence-electron chi connectivity index (χ4n) is 4.68. The van der Waals surface area contributed by atoms with Gasteiger partial charge in [-0.15, -0.1) is 11.3 Å². The number of carbonyl (C=O) groups is 2. The molecule has 5 nitrogen and oxygen atoms in total. The summed E-state index contributed by atoms with van der Waals surface area (Å²) in [6.45, 7) is 4.11. The fourth-order valence-corrected chi connectivity index (χ4v) is 6.22. The quantitative estimate of drug-likeness (QED) is 0.301. The number of halogens is 1. The normalized spacial score (nSPS) is 15.0. The first-order chi connectivity index (χ1) is 16.9. The Balaban J connectivity index is 1.63. The Kier molecular flexibility index (Phi) is 6.34. The van der Waals surface area contributed by atoms with Crippen LogP contribution < -0.4 is 5.32 Å². The van der Waals surface area contributed by atoms with Crippen LogP contribution in [-0.2, 0) is 17.6 Å². The van der Waals surface area contributed by atoms with Crippen molar-refractivity contribution in [2.45, 2.75) is 33.1 Å². The third-order valence-corrected chi connectivity index (χ3v) is 8.19. The van der Waals surface area contributed by atoms with Crippen LogP contribution in [-0.4, -0.2) is 24.0 Å². The maximum Gasteiger partial charge on any atom is 0.341 e. The monoisotopic (exact) mass is 504 g/mol. The zero-order chi connectivity index (χ0) is 24.7. The van der Waals surface area contributed by atoms with E-state index in [2.05, 4.69) is 12.2 Å². The summed E-state index contributed by atoms with van der Waals surface area (Å²) in [4.78, 5) is 32.4. The number of rotatable bonds is 4. The van der Waals surface area contributed by atoms with E-state index in [1.165, 1.54) is 18.4 Å². The summed E-state index contributed by atoms with van der Waals surface area (Å²) >= 11 is 7.87. The number of pyridine rings is 1. The van der Waals surface area contributed by atoms with E-state index >= 15 is 0 Å². The van der Waals surface area contributed by atoms with Crippen molar-refractivity contribution >= 4 is 50.7 Å². The van der Waals surface area contributed by atoms with Crippen LogP contribution in [0, 0.1) is 12.8 Å². The average Bonchev–Trinajstić information content (AvgIpc) is 3.22. The molecule has 1 aliphatic carbocycles. The number of ether oxygens (including phenoxy) is 1. The zero-order valence-corrected chi connectivity index (χ0v) is 21.3. The van der Waals surface area contributed by atoms with E-state index in [1.54, 1.807) is 12.1 Å². The number of hydrogen-bond acceptors (Lipinski definition) is 5. The number of aryl methyl sites for hydroxylation is 1. The lowest BCUT2D eigenvalue weighted by Crippen LogP contribution is -2.16. The molecule has 178 valence electrons. The van der Waals surface area contributed by atoms with Gasteiger partial charge in [0.1, 0.15) is 5.00 Å². The highest BCUT2D eigenvalue weighted by molar-refractivity contribution is 7.17. The minimum absolute atomic E-state index is 0.298. The van der Waals surface area contributed by atoms with Crippen LogP contribution >= 0.6 is 22.9 Å². The Morgan fingerprint density at radius 2 is 1.94 bits per heavy atom. The summed E-state index contributed by atoms with van der Waals surface area (Å²) in [5.41, 5.74) is 5.03. The molecule has 1 amide bonds. The van der Waals surface area contributed by atoms with Gasteiger partial charge in [0, 0.05) is 20.8 Å².